The van der Waals surface area contributed by atoms with Gasteiger partial charge in [0.05, 0.1) is 12.5 Å². The number of nitrogens with zero attached hydrogens (tertiary/aromatic N) is 3. The minimum atomic E-state index is 0.418. The van der Waals surface area contributed by atoms with Crippen molar-refractivity contribution in [2.24, 2.45) is 0 Å². The first-order chi connectivity index (χ1) is 8.92. The van der Waals surface area contributed by atoms with Gasteiger partial charge in [0.25, 0.3) is 0 Å². The van der Waals surface area contributed by atoms with Crippen molar-refractivity contribution in [3.63, 3.8) is 0 Å². The van der Waals surface area contributed by atoms with Crippen LogP contribution in [0.15, 0.2) is 4.52 Å². The maximum atomic E-state index is 5.42. The summed E-state index contributed by atoms with van der Waals surface area (Å²) in [5, 5.41) is 7.52. The van der Waals surface area contributed by atoms with Crippen LogP contribution in [0.4, 0.5) is 0 Å². The van der Waals surface area contributed by atoms with Crippen LogP contribution in [0.5, 0.6) is 0 Å². The molecule has 5 nitrogen and oxygen atoms in total. The smallest absolute Gasteiger partial charge is 0.231 e. The number of aromatic nitrogens is 2. The second-order valence-electron chi connectivity index (χ2n) is 5.43. The Hall–Kier alpha value is -0.940. The molecule has 2 aliphatic heterocycles. The van der Waals surface area contributed by atoms with E-state index in [2.05, 4.69) is 20.4 Å². The molecule has 0 aromatic carbocycles. The van der Waals surface area contributed by atoms with Crippen LogP contribution in [0.2, 0.25) is 0 Å². The summed E-state index contributed by atoms with van der Waals surface area (Å²) in [6.45, 7) is 5.30. The molecular weight excluding hydrogens is 228 g/mol. The maximum Gasteiger partial charge on any atom is 0.231 e. The lowest BCUT2D eigenvalue weighted by Crippen LogP contribution is -2.30. The van der Waals surface area contributed by atoms with Crippen molar-refractivity contribution in [2.75, 3.05) is 26.2 Å². The van der Waals surface area contributed by atoms with Crippen LogP contribution >= 0.6 is 0 Å². The highest BCUT2D eigenvalue weighted by molar-refractivity contribution is 4.97. The van der Waals surface area contributed by atoms with Gasteiger partial charge in [0.2, 0.25) is 5.89 Å². The quantitative estimate of drug-likeness (QED) is 0.881. The second kappa shape index (κ2) is 5.80. The molecular formula is C13H22N4O. The Kier molecular flexibility index (Phi) is 3.90. The number of hydrogen-bond donors (Lipinski definition) is 1. The van der Waals surface area contributed by atoms with Gasteiger partial charge in [-0.1, -0.05) is 11.6 Å². The van der Waals surface area contributed by atoms with Crippen molar-refractivity contribution in [2.45, 2.75) is 44.6 Å². The van der Waals surface area contributed by atoms with Crippen LogP contribution in [-0.4, -0.2) is 41.2 Å². The van der Waals surface area contributed by atoms with Gasteiger partial charge < -0.3 is 9.84 Å². The summed E-state index contributed by atoms with van der Waals surface area (Å²) in [7, 11) is 0. The first-order valence-electron chi connectivity index (χ1n) is 7.17. The third-order valence-corrected chi connectivity index (χ3v) is 3.94. The summed E-state index contributed by atoms with van der Waals surface area (Å²) in [6, 6.07) is 0. The Morgan fingerprint density at radius 3 is 2.89 bits per heavy atom. The molecule has 1 aromatic rings. The van der Waals surface area contributed by atoms with Gasteiger partial charge in [0.15, 0.2) is 5.82 Å². The van der Waals surface area contributed by atoms with Crippen LogP contribution in [0.1, 0.15) is 49.7 Å². The summed E-state index contributed by atoms with van der Waals surface area (Å²) < 4.78 is 5.42. The van der Waals surface area contributed by atoms with Crippen LogP contribution in [0, 0.1) is 0 Å². The molecule has 0 amide bonds. The average Bonchev–Trinajstić information content (AvgIpc) is 2.89. The molecule has 0 aliphatic carbocycles. The lowest BCUT2D eigenvalue weighted by Gasteiger charge is -2.24. The lowest BCUT2D eigenvalue weighted by atomic mass is 10.00. The van der Waals surface area contributed by atoms with E-state index in [0.29, 0.717) is 5.92 Å². The molecule has 3 rings (SSSR count). The van der Waals surface area contributed by atoms with Crippen molar-refractivity contribution >= 4 is 0 Å². The fourth-order valence-corrected chi connectivity index (χ4v) is 2.88. The number of hydrogen-bond acceptors (Lipinski definition) is 5. The van der Waals surface area contributed by atoms with Crippen molar-refractivity contribution in [3.8, 4) is 0 Å². The summed E-state index contributed by atoms with van der Waals surface area (Å²) >= 11 is 0. The maximum absolute atomic E-state index is 5.42. The van der Waals surface area contributed by atoms with Gasteiger partial charge in [-0.25, -0.2) is 0 Å². The van der Waals surface area contributed by atoms with Gasteiger partial charge >= 0.3 is 0 Å². The highest BCUT2D eigenvalue weighted by atomic mass is 16.5. The van der Waals surface area contributed by atoms with Crippen LogP contribution in [0.3, 0.4) is 0 Å². The van der Waals surface area contributed by atoms with E-state index in [-0.39, 0.29) is 0 Å². The van der Waals surface area contributed by atoms with Gasteiger partial charge in [-0.2, -0.15) is 4.98 Å². The largest absolute Gasteiger partial charge is 0.339 e. The molecule has 1 unspecified atom stereocenters. The lowest BCUT2D eigenvalue weighted by molar-refractivity contribution is 0.213. The molecule has 18 heavy (non-hydrogen) atoms. The van der Waals surface area contributed by atoms with E-state index in [0.717, 1.165) is 31.3 Å². The number of likely N-dealkylation sites (tertiary alicyclic amines) is 1. The highest BCUT2D eigenvalue weighted by Crippen LogP contribution is 2.21. The molecule has 0 radical (unpaired) electrons. The molecule has 2 fully saturated rings. The van der Waals surface area contributed by atoms with Crippen molar-refractivity contribution in [1.29, 1.82) is 0 Å². The number of piperidine rings is 2. The summed E-state index contributed by atoms with van der Waals surface area (Å²) in [6.07, 6.45) is 6.34. The Morgan fingerprint density at radius 2 is 2.11 bits per heavy atom. The molecule has 1 N–H and O–H groups in total. The van der Waals surface area contributed by atoms with E-state index in [9.17, 15) is 0 Å². The Labute approximate surface area is 108 Å². The molecule has 0 bridgehead atoms. The van der Waals surface area contributed by atoms with Gasteiger partial charge in [-0.3, -0.25) is 4.90 Å². The zero-order chi connectivity index (χ0) is 12.2. The fraction of sp³-hybridized carbons (Fsp3) is 0.846. The van der Waals surface area contributed by atoms with Crippen molar-refractivity contribution in [1.82, 2.24) is 20.4 Å². The normalized spacial score (nSPS) is 26.3. The third-order valence-electron chi connectivity index (χ3n) is 3.94. The van der Waals surface area contributed by atoms with Gasteiger partial charge in [-0.15, -0.1) is 0 Å². The monoisotopic (exact) mass is 250 g/mol. The molecule has 2 aliphatic rings. The van der Waals surface area contributed by atoms with Crippen molar-refractivity contribution in [3.05, 3.63) is 11.7 Å². The molecule has 0 saturated carbocycles. The zero-order valence-corrected chi connectivity index (χ0v) is 10.9. The van der Waals surface area contributed by atoms with E-state index >= 15 is 0 Å². The van der Waals surface area contributed by atoms with Crippen LogP contribution in [-0.2, 0) is 6.54 Å². The predicted molar refractivity (Wildman–Crippen MR) is 68.3 cm³/mol. The number of rotatable bonds is 3. The predicted octanol–water partition coefficient (Wildman–Crippen LogP) is 1.52. The first-order valence-corrected chi connectivity index (χ1v) is 7.17. The minimum absolute atomic E-state index is 0.418. The van der Waals surface area contributed by atoms with E-state index in [4.69, 9.17) is 4.52 Å². The highest BCUT2D eigenvalue weighted by Gasteiger charge is 2.22. The molecule has 1 aromatic heterocycles. The zero-order valence-electron chi connectivity index (χ0n) is 10.9. The van der Waals surface area contributed by atoms with Crippen molar-refractivity contribution < 1.29 is 4.52 Å². The van der Waals surface area contributed by atoms with E-state index < -0.39 is 0 Å². The Morgan fingerprint density at radius 1 is 1.22 bits per heavy atom. The van der Waals surface area contributed by atoms with E-state index in [1.165, 1.54) is 45.2 Å². The third kappa shape index (κ3) is 2.90. The average molecular weight is 250 g/mol. The number of nitrogens with one attached hydrogen (secondary N) is 1. The Bertz CT molecular complexity index is 367. The molecule has 3 heterocycles. The van der Waals surface area contributed by atoms with E-state index in [1.54, 1.807) is 0 Å². The first kappa shape index (κ1) is 12.1. The fourth-order valence-electron chi connectivity index (χ4n) is 2.88. The summed E-state index contributed by atoms with van der Waals surface area (Å²) in [4.78, 5) is 7.00. The van der Waals surface area contributed by atoms with Crippen LogP contribution < -0.4 is 5.32 Å². The second-order valence-corrected chi connectivity index (χ2v) is 5.43. The summed E-state index contributed by atoms with van der Waals surface area (Å²) in [5.74, 6) is 2.10. The summed E-state index contributed by atoms with van der Waals surface area (Å²) in [5.41, 5.74) is 0. The molecule has 100 valence electrons. The minimum Gasteiger partial charge on any atom is -0.339 e. The Balaban J connectivity index is 1.58. The topological polar surface area (TPSA) is 54.2 Å². The van der Waals surface area contributed by atoms with E-state index in [1.807, 2.05) is 0 Å². The van der Waals surface area contributed by atoms with Gasteiger partial charge in [0.1, 0.15) is 0 Å². The SMILES string of the molecule is C1CCN(Cc2noc(C3CCCNC3)n2)CC1. The van der Waals surface area contributed by atoms with Gasteiger partial charge in [0, 0.05) is 6.54 Å². The molecule has 1 atom stereocenters. The standard InChI is InChI=1S/C13H22N4O/c1-2-7-17(8-3-1)10-12-15-13(18-16-12)11-5-4-6-14-9-11/h11,14H,1-10H2. The molecule has 0 spiro atoms. The molecule has 5 heteroatoms. The van der Waals surface area contributed by atoms with Crippen LogP contribution in [0.25, 0.3) is 0 Å². The van der Waals surface area contributed by atoms with Gasteiger partial charge in [-0.05, 0) is 45.3 Å². The molecule has 2 saturated heterocycles.